The Hall–Kier alpha value is -2.32. The molecule has 134 valence electrons. The van der Waals surface area contributed by atoms with Crippen molar-refractivity contribution in [1.29, 1.82) is 0 Å². The summed E-state index contributed by atoms with van der Waals surface area (Å²) in [6.45, 7) is 1.48. The first-order valence-electron chi connectivity index (χ1n) is 7.31. The predicted octanol–water partition coefficient (Wildman–Crippen LogP) is 1.21. The fourth-order valence-electron chi connectivity index (χ4n) is 2.08. The van der Waals surface area contributed by atoms with Crippen LogP contribution in [0.25, 0.3) is 0 Å². The highest BCUT2D eigenvalue weighted by Gasteiger charge is 2.31. The summed E-state index contributed by atoms with van der Waals surface area (Å²) in [5.74, 6) is -1.98. The SMILES string of the molecule is CC(OC(=O)CNC(=O)c1ccc(Cl)c(Cl)c1)C(=O)N1CCNC1=O. The van der Waals surface area contributed by atoms with Crippen LogP contribution in [0.3, 0.4) is 0 Å². The van der Waals surface area contributed by atoms with E-state index in [0.717, 1.165) is 4.90 Å². The molecule has 10 heteroatoms. The number of ether oxygens (including phenoxy) is 1. The number of nitrogens with zero attached hydrogens (tertiary/aromatic N) is 1. The van der Waals surface area contributed by atoms with E-state index in [1.807, 2.05) is 0 Å². The summed E-state index contributed by atoms with van der Waals surface area (Å²) in [6.07, 6.45) is -1.14. The van der Waals surface area contributed by atoms with Crippen LogP contribution in [-0.4, -0.2) is 54.5 Å². The lowest BCUT2D eigenvalue weighted by Crippen LogP contribution is -2.43. The molecule has 0 spiro atoms. The maximum Gasteiger partial charge on any atom is 0.326 e. The number of benzene rings is 1. The van der Waals surface area contributed by atoms with Gasteiger partial charge in [-0.1, -0.05) is 23.2 Å². The number of amides is 4. The van der Waals surface area contributed by atoms with E-state index < -0.39 is 36.5 Å². The monoisotopic (exact) mass is 387 g/mol. The van der Waals surface area contributed by atoms with Crippen LogP contribution in [0, 0.1) is 0 Å². The summed E-state index contributed by atoms with van der Waals surface area (Å²) in [5.41, 5.74) is 0.222. The molecule has 1 fully saturated rings. The van der Waals surface area contributed by atoms with Crippen LogP contribution >= 0.6 is 23.2 Å². The molecule has 1 unspecified atom stereocenters. The van der Waals surface area contributed by atoms with Crippen molar-refractivity contribution in [1.82, 2.24) is 15.5 Å². The number of hydrogen-bond acceptors (Lipinski definition) is 5. The van der Waals surface area contributed by atoms with E-state index in [4.69, 9.17) is 27.9 Å². The van der Waals surface area contributed by atoms with Crippen LogP contribution in [0.5, 0.6) is 0 Å². The predicted molar refractivity (Wildman–Crippen MR) is 89.5 cm³/mol. The van der Waals surface area contributed by atoms with Crippen molar-refractivity contribution >= 4 is 47.0 Å². The third-order valence-electron chi connectivity index (χ3n) is 3.35. The average Bonchev–Trinajstić information content (AvgIpc) is 3.00. The summed E-state index contributed by atoms with van der Waals surface area (Å²) < 4.78 is 4.93. The Morgan fingerprint density at radius 2 is 2.04 bits per heavy atom. The molecule has 1 atom stereocenters. The number of rotatable bonds is 5. The van der Waals surface area contributed by atoms with Gasteiger partial charge >= 0.3 is 12.0 Å². The third-order valence-corrected chi connectivity index (χ3v) is 4.09. The Kier molecular flexibility index (Phi) is 6.22. The molecule has 1 aromatic carbocycles. The molecule has 1 aliphatic heterocycles. The lowest BCUT2D eigenvalue weighted by molar-refractivity contribution is -0.156. The van der Waals surface area contributed by atoms with Gasteiger partial charge in [0.1, 0.15) is 6.54 Å². The number of halogens is 2. The largest absolute Gasteiger partial charge is 0.451 e. The first-order chi connectivity index (χ1) is 11.8. The second-order valence-electron chi connectivity index (χ2n) is 5.17. The molecule has 1 aliphatic rings. The van der Waals surface area contributed by atoms with Crippen LogP contribution in [-0.2, 0) is 14.3 Å². The Morgan fingerprint density at radius 3 is 2.64 bits per heavy atom. The molecular formula is C15H15Cl2N3O5. The standard InChI is InChI=1S/C15H15Cl2N3O5/c1-8(14(23)20-5-4-18-15(20)24)25-12(21)7-19-13(22)9-2-3-10(16)11(17)6-9/h2-3,6,8H,4-5,7H2,1H3,(H,18,24)(H,19,22). The Morgan fingerprint density at radius 1 is 1.32 bits per heavy atom. The van der Waals surface area contributed by atoms with E-state index in [0.29, 0.717) is 11.6 Å². The summed E-state index contributed by atoms with van der Waals surface area (Å²) in [7, 11) is 0. The van der Waals surface area contributed by atoms with Gasteiger partial charge in [0.2, 0.25) is 0 Å². The van der Waals surface area contributed by atoms with Crippen LogP contribution in [0.15, 0.2) is 18.2 Å². The minimum absolute atomic E-state index is 0.208. The van der Waals surface area contributed by atoms with Crippen molar-refractivity contribution in [3.8, 4) is 0 Å². The van der Waals surface area contributed by atoms with E-state index in [9.17, 15) is 19.2 Å². The van der Waals surface area contributed by atoms with E-state index >= 15 is 0 Å². The molecule has 0 aliphatic carbocycles. The van der Waals surface area contributed by atoms with Gasteiger partial charge in [0.05, 0.1) is 10.0 Å². The van der Waals surface area contributed by atoms with E-state index in [-0.39, 0.29) is 17.1 Å². The van der Waals surface area contributed by atoms with Crippen molar-refractivity contribution < 1.29 is 23.9 Å². The smallest absolute Gasteiger partial charge is 0.326 e. The highest BCUT2D eigenvalue weighted by molar-refractivity contribution is 6.42. The van der Waals surface area contributed by atoms with Gasteiger partial charge in [-0.05, 0) is 25.1 Å². The van der Waals surface area contributed by atoms with Crippen molar-refractivity contribution in [2.45, 2.75) is 13.0 Å². The number of esters is 1. The second-order valence-corrected chi connectivity index (χ2v) is 5.98. The third kappa shape index (κ3) is 4.83. The number of carbonyl (C=O) groups excluding carboxylic acids is 4. The van der Waals surface area contributed by atoms with E-state index in [2.05, 4.69) is 10.6 Å². The summed E-state index contributed by atoms with van der Waals surface area (Å²) in [5, 5.41) is 5.33. The molecule has 4 amide bonds. The molecule has 2 rings (SSSR count). The van der Waals surface area contributed by atoms with Gasteiger partial charge in [-0.3, -0.25) is 19.3 Å². The number of imide groups is 1. The minimum atomic E-state index is -1.14. The molecule has 1 aromatic rings. The van der Waals surface area contributed by atoms with Gasteiger partial charge in [-0.15, -0.1) is 0 Å². The Bertz CT molecular complexity index is 725. The zero-order chi connectivity index (χ0) is 18.6. The maximum absolute atomic E-state index is 12.0. The molecular weight excluding hydrogens is 373 g/mol. The lowest BCUT2D eigenvalue weighted by atomic mass is 10.2. The van der Waals surface area contributed by atoms with Crippen LogP contribution in [0.1, 0.15) is 17.3 Å². The van der Waals surface area contributed by atoms with Crippen LogP contribution in [0.4, 0.5) is 4.79 Å². The zero-order valence-corrected chi connectivity index (χ0v) is 14.7. The number of hydrogen-bond donors (Lipinski definition) is 2. The fraction of sp³-hybridized carbons (Fsp3) is 0.333. The molecule has 1 saturated heterocycles. The van der Waals surface area contributed by atoms with E-state index in [1.54, 1.807) is 0 Å². The molecule has 0 radical (unpaired) electrons. The summed E-state index contributed by atoms with van der Waals surface area (Å²) >= 11 is 11.6. The number of carbonyl (C=O) groups is 4. The molecule has 2 N–H and O–H groups in total. The quantitative estimate of drug-likeness (QED) is 0.738. The second kappa shape index (κ2) is 8.17. The summed E-state index contributed by atoms with van der Waals surface area (Å²) in [4.78, 5) is 48.1. The van der Waals surface area contributed by atoms with Crippen LogP contribution < -0.4 is 10.6 Å². The lowest BCUT2D eigenvalue weighted by Gasteiger charge is -2.18. The zero-order valence-electron chi connectivity index (χ0n) is 13.2. The maximum atomic E-state index is 12.0. The Labute approximate surface area is 153 Å². The Balaban J connectivity index is 1.83. The fourth-order valence-corrected chi connectivity index (χ4v) is 2.38. The molecule has 0 saturated carbocycles. The highest BCUT2D eigenvalue weighted by Crippen LogP contribution is 2.22. The first-order valence-corrected chi connectivity index (χ1v) is 8.07. The molecule has 0 aromatic heterocycles. The minimum Gasteiger partial charge on any atom is -0.451 e. The van der Waals surface area contributed by atoms with Crippen LogP contribution in [0.2, 0.25) is 10.0 Å². The van der Waals surface area contributed by atoms with Crippen molar-refractivity contribution in [3.63, 3.8) is 0 Å². The van der Waals surface area contributed by atoms with Gasteiger partial charge in [-0.2, -0.15) is 0 Å². The first kappa shape index (κ1) is 19.0. The molecule has 0 bridgehead atoms. The topological polar surface area (TPSA) is 105 Å². The van der Waals surface area contributed by atoms with Crippen molar-refractivity contribution in [2.75, 3.05) is 19.6 Å². The van der Waals surface area contributed by atoms with Crippen molar-refractivity contribution in [3.05, 3.63) is 33.8 Å². The number of urea groups is 1. The highest BCUT2D eigenvalue weighted by atomic mass is 35.5. The van der Waals surface area contributed by atoms with Crippen molar-refractivity contribution in [2.24, 2.45) is 0 Å². The summed E-state index contributed by atoms with van der Waals surface area (Å²) in [6, 6.07) is 3.75. The number of nitrogens with one attached hydrogen (secondary N) is 2. The normalized spacial score (nSPS) is 14.7. The molecule has 1 heterocycles. The molecule has 25 heavy (non-hydrogen) atoms. The van der Waals surface area contributed by atoms with Gasteiger partial charge in [-0.25, -0.2) is 4.79 Å². The van der Waals surface area contributed by atoms with E-state index in [1.165, 1.54) is 25.1 Å². The average molecular weight is 388 g/mol. The van der Waals surface area contributed by atoms with Gasteiger partial charge in [0, 0.05) is 18.7 Å². The van der Waals surface area contributed by atoms with Gasteiger partial charge < -0.3 is 15.4 Å². The van der Waals surface area contributed by atoms with Gasteiger partial charge in [0.15, 0.2) is 6.10 Å². The van der Waals surface area contributed by atoms with Gasteiger partial charge in [0.25, 0.3) is 11.8 Å². The molecule has 8 nitrogen and oxygen atoms in total.